The highest BCUT2D eigenvalue weighted by molar-refractivity contribution is 7.25. The van der Waals surface area contributed by atoms with Crippen LogP contribution < -0.4 is 0 Å². The van der Waals surface area contributed by atoms with Crippen molar-refractivity contribution < 1.29 is 0 Å². The van der Waals surface area contributed by atoms with Crippen molar-refractivity contribution in [2.24, 2.45) is 0 Å². The molecule has 0 amide bonds. The van der Waals surface area contributed by atoms with Gasteiger partial charge in [0.2, 0.25) is 0 Å². The second-order valence-corrected chi connectivity index (χ2v) is 12.5. The number of nitrogens with zero attached hydrogens (tertiary/aromatic N) is 2. The molecule has 3 heterocycles. The number of hydrogen-bond acceptors (Lipinski definition) is 1. The largest absolute Gasteiger partial charge is 0.309 e. The number of rotatable bonds is 2. The molecule has 2 nitrogen and oxygen atoms in total. The first-order chi connectivity index (χ1) is 21.3. The van der Waals surface area contributed by atoms with Crippen LogP contribution in [0.25, 0.3) is 85.9 Å². The lowest BCUT2D eigenvalue weighted by molar-refractivity contribution is 1.18. The molecule has 7 aromatic carbocycles. The Morgan fingerprint density at radius 1 is 0.349 bits per heavy atom. The second kappa shape index (κ2) is 8.57. The Hall–Kier alpha value is -5.38. The highest BCUT2D eigenvalue weighted by Crippen LogP contribution is 2.42. The lowest BCUT2D eigenvalue weighted by atomic mass is 10.0. The van der Waals surface area contributed by atoms with Gasteiger partial charge in [-0.3, -0.25) is 0 Å². The van der Waals surface area contributed by atoms with E-state index in [9.17, 15) is 0 Å². The summed E-state index contributed by atoms with van der Waals surface area (Å²) in [6, 6.07) is 53.5. The van der Waals surface area contributed by atoms with Gasteiger partial charge in [-0.2, -0.15) is 0 Å². The standard InChI is InChI=1S/C40H24N2S/c1-2-10-26(11-3-1)41-34-15-7-4-12-28(34)32-24-31-25(22-37(32)41)18-20-36-40(31)30-14-5-8-16-35(30)42(36)27-19-21-39-33(23-27)29-13-6-9-17-38(29)43-39/h1-24H. The normalized spacial score (nSPS) is 12.2. The van der Waals surface area contributed by atoms with E-state index in [-0.39, 0.29) is 0 Å². The molecule has 0 unspecified atom stereocenters. The van der Waals surface area contributed by atoms with Gasteiger partial charge in [-0.15, -0.1) is 11.3 Å². The number of benzene rings is 7. The zero-order valence-electron chi connectivity index (χ0n) is 23.2. The van der Waals surface area contributed by atoms with Gasteiger partial charge in [-0.1, -0.05) is 78.9 Å². The summed E-state index contributed by atoms with van der Waals surface area (Å²) in [6.45, 7) is 0. The van der Waals surface area contributed by atoms with E-state index in [2.05, 4.69) is 155 Å². The van der Waals surface area contributed by atoms with Gasteiger partial charge >= 0.3 is 0 Å². The van der Waals surface area contributed by atoms with Crippen molar-refractivity contribution in [3.8, 4) is 11.4 Å². The average Bonchev–Trinajstić information content (AvgIpc) is 3.71. The lowest BCUT2D eigenvalue weighted by Crippen LogP contribution is -1.94. The Morgan fingerprint density at radius 3 is 1.88 bits per heavy atom. The number of hydrogen-bond donors (Lipinski definition) is 0. The van der Waals surface area contributed by atoms with Crippen LogP contribution in [0.1, 0.15) is 0 Å². The van der Waals surface area contributed by atoms with Crippen LogP contribution in [0.2, 0.25) is 0 Å². The van der Waals surface area contributed by atoms with Crippen LogP contribution in [0.3, 0.4) is 0 Å². The lowest BCUT2D eigenvalue weighted by Gasteiger charge is -2.10. The maximum absolute atomic E-state index is 2.45. The van der Waals surface area contributed by atoms with Crippen molar-refractivity contribution in [3.63, 3.8) is 0 Å². The fourth-order valence-corrected chi connectivity index (χ4v) is 8.33. The van der Waals surface area contributed by atoms with E-state index >= 15 is 0 Å². The van der Waals surface area contributed by atoms with E-state index < -0.39 is 0 Å². The maximum atomic E-state index is 2.45. The molecule has 0 aliphatic heterocycles. The molecule has 0 aliphatic rings. The van der Waals surface area contributed by atoms with E-state index in [0.717, 1.165) is 0 Å². The van der Waals surface area contributed by atoms with Gasteiger partial charge in [0.25, 0.3) is 0 Å². The zero-order valence-corrected chi connectivity index (χ0v) is 24.0. The molecule has 0 bridgehead atoms. The molecular weight excluding hydrogens is 541 g/mol. The summed E-state index contributed by atoms with van der Waals surface area (Å²) in [5, 5.41) is 10.3. The molecule has 10 rings (SSSR count). The van der Waals surface area contributed by atoms with E-state index in [4.69, 9.17) is 0 Å². The molecule has 200 valence electrons. The van der Waals surface area contributed by atoms with Gasteiger partial charge in [-0.25, -0.2) is 0 Å². The third-order valence-electron chi connectivity index (χ3n) is 9.08. The molecule has 0 fully saturated rings. The van der Waals surface area contributed by atoms with Crippen molar-refractivity contribution in [2.45, 2.75) is 0 Å². The first-order valence-electron chi connectivity index (χ1n) is 14.7. The predicted octanol–water partition coefficient (Wildman–Crippen LogP) is 11.4. The number of fused-ring (bicyclic) bond motifs is 11. The van der Waals surface area contributed by atoms with Crippen LogP contribution in [-0.2, 0) is 0 Å². The summed E-state index contributed by atoms with van der Waals surface area (Å²) in [5.74, 6) is 0. The van der Waals surface area contributed by atoms with E-state index in [1.165, 1.54) is 85.9 Å². The highest BCUT2D eigenvalue weighted by atomic mass is 32.1. The second-order valence-electron chi connectivity index (χ2n) is 11.4. The molecule has 0 atom stereocenters. The molecule has 3 heteroatoms. The summed E-state index contributed by atoms with van der Waals surface area (Å²) >= 11 is 1.87. The summed E-state index contributed by atoms with van der Waals surface area (Å²) in [4.78, 5) is 0. The molecule has 0 radical (unpaired) electrons. The van der Waals surface area contributed by atoms with Crippen LogP contribution >= 0.6 is 11.3 Å². The molecule has 0 saturated heterocycles. The fourth-order valence-electron chi connectivity index (χ4n) is 7.24. The smallest absolute Gasteiger partial charge is 0.0547 e. The quantitative estimate of drug-likeness (QED) is 0.198. The van der Waals surface area contributed by atoms with E-state index in [1.54, 1.807) is 0 Å². The minimum atomic E-state index is 1.18. The average molecular weight is 565 g/mol. The Morgan fingerprint density at radius 2 is 1.02 bits per heavy atom. The Kier molecular flexibility index (Phi) is 4.63. The van der Waals surface area contributed by atoms with Crippen molar-refractivity contribution in [2.75, 3.05) is 0 Å². The fraction of sp³-hybridized carbons (Fsp3) is 0. The van der Waals surface area contributed by atoms with Crippen LogP contribution in [0.4, 0.5) is 0 Å². The molecule has 3 aromatic heterocycles. The van der Waals surface area contributed by atoms with Crippen molar-refractivity contribution in [3.05, 3.63) is 146 Å². The van der Waals surface area contributed by atoms with Crippen molar-refractivity contribution in [1.82, 2.24) is 9.13 Å². The monoisotopic (exact) mass is 564 g/mol. The minimum absolute atomic E-state index is 1.18. The third-order valence-corrected chi connectivity index (χ3v) is 10.2. The van der Waals surface area contributed by atoms with E-state index in [0.29, 0.717) is 0 Å². The van der Waals surface area contributed by atoms with Gasteiger partial charge < -0.3 is 9.13 Å². The predicted molar refractivity (Wildman–Crippen MR) is 186 cm³/mol. The summed E-state index contributed by atoms with van der Waals surface area (Å²) in [7, 11) is 0. The maximum Gasteiger partial charge on any atom is 0.0547 e. The van der Waals surface area contributed by atoms with Crippen LogP contribution in [0, 0.1) is 0 Å². The van der Waals surface area contributed by atoms with Crippen molar-refractivity contribution >= 4 is 85.9 Å². The molecule has 0 spiro atoms. The van der Waals surface area contributed by atoms with Crippen LogP contribution in [0.15, 0.2) is 146 Å². The Labute approximate surface area is 251 Å². The molecular formula is C40H24N2S. The first-order valence-corrected chi connectivity index (χ1v) is 15.5. The molecule has 0 saturated carbocycles. The summed E-state index contributed by atoms with van der Waals surface area (Å²) < 4.78 is 7.51. The molecule has 10 aromatic rings. The van der Waals surface area contributed by atoms with Crippen molar-refractivity contribution in [1.29, 1.82) is 0 Å². The SMILES string of the molecule is c1ccc(-n2c3ccccc3c3cc4c(ccc5c4c4ccccc4n5-c4ccc5sc6ccccc6c5c4)cc32)cc1. The van der Waals surface area contributed by atoms with Gasteiger partial charge in [0.1, 0.15) is 0 Å². The van der Waals surface area contributed by atoms with Gasteiger partial charge in [0.15, 0.2) is 0 Å². The number of thiophene rings is 1. The zero-order chi connectivity index (χ0) is 28.1. The number of para-hydroxylation sites is 3. The van der Waals surface area contributed by atoms with Gasteiger partial charge in [0.05, 0.1) is 22.1 Å². The molecule has 0 N–H and O–H groups in total. The Bertz CT molecular complexity index is 2720. The van der Waals surface area contributed by atoms with Gasteiger partial charge in [-0.05, 0) is 77.5 Å². The minimum Gasteiger partial charge on any atom is -0.309 e. The summed E-state index contributed by atoms with van der Waals surface area (Å²) in [5.41, 5.74) is 7.31. The topological polar surface area (TPSA) is 9.86 Å². The Balaban J connectivity index is 1.32. The van der Waals surface area contributed by atoms with E-state index in [1.807, 2.05) is 11.3 Å². The molecule has 0 aliphatic carbocycles. The third kappa shape index (κ3) is 3.17. The van der Waals surface area contributed by atoms with Crippen LogP contribution in [-0.4, -0.2) is 9.13 Å². The molecule has 43 heavy (non-hydrogen) atoms. The summed E-state index contributed by atoms with van der Waals surface area (Å²) in [6.07, 6.45) is 0. The highest BCUT2D eigenvalue weighted by Gasteiger charge is 2.18. The number of aromatic nitrogens is 2. The van der Waals surface area contributed by atoms with Crippen LogP contribution in [0.5, 0.6) is 0 Å². The first kappa shape index (κ1) is 23.2. The van der Waals surface area contributed by atoms with Gasteiger partial charge in [0, 0.05) is 53.1 Å².